The highest BCUT2D eigenvalue weighted by atomic mass is 16.3. The Bertz CT molecular complexity index is 866. The minimum Gasteiger partial charge on any atom is -0.508 e. The number of amides is 1. The van der Waals surface area contributed by atoms with E-state index in [1.807, 2.05) is 18.2 Å². The van der Waals surface area contributed by atoms with Gasteiger partial charge in [0.1, 0.15) is 5.75 Å². The first kappa shape index (κ1) is 22.8. The molecule has 2 saturated heterocycles. The third-order valence-electron chi connectivity index (χ3n) is 7.72. The summed E-state index contributed by atoms with van der Waals surface area (Å²) in [4.78, 5) is 18.1. The molecular formula is C28H38N2O2. The van der Waals surface area contributed by atoms with E-state index in [0.29, 0.717) is 36.2 Å². The van der Waals surface area contributed by atoms with Crippen LogP contribution in [0.3, 0.4) is 0 Å². The van der Waals surface area contributed by atoms with Crippen molar-refractivity contribution in [3.63, 3.8) is 0 Å². The lowest BCUT2D eigenvalue weighted by molar-refractivity contribution is -0.136. The van der Waals surface area contributed by atoms with Gasteiger partial charge in [0.15, 0.2) is 0 Å². The van der Waals surface area contributed by atoms with Crippen molar-refractivity contribution < 1.29 is 9.90 Å². The summed E-state index contributed by atoms with van der Waals surface area (Å²) in [5.74, 6) is 1.32. The predicted octanol–water partition coefficient (Wildman–Crippen LogP) is 5.57. The topological polar surface area (TPSA) is 43.8 Å². The number of rotatable bonds is 9. The van der Waals surface area contributed by atoms with Gasteiger partial charge in [0.2, 0.25) is 5.91 Å². The van der Waals surface area contributed by atoms with Crippen LogP contribution in [0.15, 0.2) is 54.6 Å². The van der Waals surface area contributed by atoms with Gasteiger partial charge in [0, 0.05) is 37.6 Å². The normalized spacial score (nSPS) is 22.9. The SMILES string of the molecule is CCC(CC)C(=O)N(CCN1[C@@H]2CC[C@H]1C[C@@H](c1cccc(O)c1)C2)Cc1ccccc1. The van der Waals surface area contributed by atoms with Crippen molar-refractivity contribution in [2.45, 2.75) is 76.9 Å². The summed E-state index contributed by atoms with van der Waals surface area (Å²) in [5, 5.41) is 9.90. The summed E-state index contributed by atoms with van der Waals surface area (Å²) in [6.07, 6.45) is 6.61. The number of hydrogen-bond donors (Lipinski definition) is 1. The minimum absolute atomic E-state index is 0.118. The fourth-order valence-corrected chi connectivity index (χ4v) is 5.89. The number of nitrogens with zero attached hydrogens (tertiary/aromatic N) is 2. The van der Waals surface area contributed by atoms with Crippen molar-refractivity contribution >= 4 is 5.91 Å². The van der Waals surface area contributed by atoms with E-state index in [4.69, 9.17) is 0 Å². The van der Waals surface area contributed by atoms with E-state index >= 15 is 0 Å². The second kappa shape index (κ2) is 10.5. The van der Waals surface area contributed by atoms with Gasteiger partial charge in [-0.2, -0.15) is 0 Å². The first-order valence-electron chi connectivity index (χ1n) is 12.5. The van der Waals surface area contributed by atoms with Crippen LogP contribution >= 0.6 is 0 Å². The highest BCUT2D eigenvalue weighted by molar-refractivity contribution is 5.78. The fourth-order valence-electron chi connectivity index (χ4n) is 5.89. The number of carbonyl (C=O) groups excluding carboxylic acids is 1. The molecule has 2 aliphatic heterocycles. The van der Waals surface area contributed by atoms with Crippen molar-refractivity contribution in [3.8, 4) is 5.75 Å². The lowest BCUT2D eigenvalue weighted by atomic mass is 9.85. The Morgan fingerprint density at radius 3 is 2.34 bits per heavy atom. The minimum atomic E-state index is 0.118. The molecule has 3 atom stereocenters. The van der Waals surface area contributed by atoms with Gasteiger partial charge in [-0.15, -0.1) is 0 Å². The van der Waals surface area contributed by atoms with E-state index in [9.17, 15) is 9.90 Å². The molecule has 172 valence electrons. The van der Waals surface area contributed by atoms with Crippen LogP contribution < -0.4 is 0 Å². The Hall–Kier alpha value is -2.33. The van der Waals surface area contributed by atoms with E-state index in [2.05, 4.69) is 54.0 Å². The third-order valence-corrected chi connectivity index (χ3v) is 7.72. The van der Waals surface area contributed by atoms with E-state index in [0.717, 1.165) is 38.8 Å². The first-order chi connectivity index (χ1) is 15.6. The molecule has 1 N–H and O–H groups in total. The molecule has 2 aliphatic rings. The van der Waals surface area contributed by atoms with Crippen LogP contribution in [0.25, 0.3) is 0 Å². The van der Waals surface area contributed by atoms with E-state index in [1.54, 1.807) is 6.07 Å². The van der Waals surface area contributed by atoms with Gasteiger partial charge in [-0.05, 0) is 67.7 Å². The van der Waals surface area contributed by atoms with Crippen LogP contribution in [0.5, 0.6) is 5.75 Å². The molecule has 2 aromatic carbocycles. The molecule has 2 heterocycles. The van der Waals surface area contributed by atoms with Crippen molar-refractivity contribution in [2.75, 3.05) is 13.1 Å². The van der Waals surface area contributed by atoms with Crippen LogP contribution in [-0.2, 0) is 11.3 Å². The van der Waals surface area contributed by atoms with Crippen LogP contribution in [0, 0.1) is 5.92 Å². The summed E-state index contributed by atoms with van der Waals surface area (Å²) in [6.45, 7) is 6.71. The molecule has 2 aromatic rings. The molecule has 0 aliphatic carbocycles. The van der Waals surface area contributed by atoms with Crippen molar-refractivity contribution in [1.29, 1.82) is 0 Å². The summed E-state index contributed by atoms with van der Waals surface area (Å²) >= 11 is 0. The summed E-state index contributed by atoms with van der Waals surface area (Å²) in [5.41, 5.74) is 2.48. The zero-order valence-corrected chi connectivity index (χ0v) is 19.6. The Morgan fingerprint density at radius 2 is 1.72 bits per heavy atom. The second-order valence-corrected chi connectivity index (χ2v) is 9.64. The number of aromatic hydroxyl groups is 1. The van der Waals surface area contributed by atoms with Crippen molar-refractivity contribution in [3.05, 3.63) is 65.7 Å². The number of fused-ring (bicyclic) bond motifs is 2. The van der Waals surface area contributed by atoms with Gasteiger partial charge in [-0.1, -0.05) is 56.3 Å². The fraction of sp³-hybridized carbons (Fsp3) is 0.536. The molecule has 2 fully saturated rings. The summed E-state index contributed by atoms with van der Waals surface area (Å²) in [7, 11) is 0. The highest BCUT2D eigenvalue weighted by Gasteiger charge is 2.41. The quantitative estimate of drug-likeness (QED) is 0.561. The average molecular weight is 435 g/mol. The predicted molar refractivity (Wildman–Crippen MR) is 130 cm³/mol. The standard InChI is InChI=1S/C28H38N2O2/c1-3-22(4-2)28(32)29(20-21-9-6-5-7-10-21)15-16-30-25-13-14-26(30)18-24(17-25)23-11-8-12-27(31)19-23/h5-12,19,22,24-26,31H,3-4,13-18,20H2,1-2H3/t24-,25+,26-. The largest absolute Gasteiger partial charge is 0.508 e. The van der Waals surface area contributed by atoms with E-state index < -0.39 is 0 Å². The Balaban J connectivity index is 1.42. The average Bonchev–Trinajstić information content (AvgIpc) is 3.04. The Kier molecular flexibility index (Phi) is 7.51. The lowest BCUT2D eigenvalue weighted by Gasteiger charge is -2.40. The van der Waals surface area contributed by atoms with Gasteiger partial charge in [0.25, 0.3) is 0 Å². The molecule has 0 aromatic heterocycles. The molecule has 0 spiro atoms. The Labute approximate surface area is 193 Å². The van der Waals surface area contributed by atoms with Gasteiger partial charge in [-0.3, -0.25) is 9.69 Å². The third kappa shape index (κ3) is 5.17. The smallest absolute Gasteiger partial charge is 0.226 e. The number of piperidine rings is 1. The number of phenols is 1. The summed E-state index contributed by atoms with van der Waals surface area (Å²) in [6, 6.07) is 19.4. The lowest BCUT2D eigenvalue weighted by Crippen LogP contribution is -2.47. The second-order valence-electron chi connectivity index (χ2n) is 9.64. The van der Waals surface area contributed by atoms with Gasteiger partial charge in [-0.25, -0.2) is 0 Å². The molecule has 4 heteroatoms. The molecular weight excluding hydrogens is 396 g/mol. The van der Waals surface area contributed by atoms with Gasteiger partial charge in [0.05, 0.1) is 0 Å². The van der Waals surface area contributed by atoms with E-state index in [-0.39, 0.29) is 5.92 Å². The Morgan fingerprint density at radius 1 is 1.03 bits per heavy atom. The molecule has 4 nitrogen and oxygen atoms in total. The molecule has 0 unspecified atom stereocenters. The van der Waals surface area contributed by atoms with Crippen LogP contribution in [0.1, 0.15) is 69.4 Å². The molecule has 0 radical (unpaired) electrons. The van der Waals surface area contributed by atoms with Crippen LogP contribution in [-0.4, -0.2) is 46.0 Å². The number of carbonyl (C=O) groups is 1. The maximum atomic E-state index is 13.3. The van der Waals surface area contributed by atoms with Gasteiger partial charge >= 0.3 is 0 Å². The van der Waals surface area contributed by atoms with Crippen molar-refractivity contribution in [2.24, 2.45) is 5.92 Å². The maximum absolute atomic E-state index is 13.3. The molecule has 0 saturated carbocycles. The van der Waals surface area contributed by atoms with E-state index in [1.165, 1.54) is 24.0 Å². The molecule has 32 heavy (non-hydrogen) atoms. The highest BCUT2D eigenvalue weighted by Crippen LogP contribution is 2.43. The maximum Gasteiger partial charge on any atom is 0.226 e. The van der Waals surface area contributed by atoms with Gasteiger partial charge < -0.3 is 10.0 Å². The van der Waals surface area contributed by atoms with Crippen molar-refractivity contribution in [1.82, 2.24) is 9.80 Å². The number of phenolic OH excluding ortho intramolecular Hbond substituents is 1. The zero-order valence-electron chi connectivity index (χ0n) is 19.6. The summed E-state index contributed by atoms with van der Waals surface area (Å²) < 4.78 is 0. The number of benzene rings is 2. The molecule has 1 amide bonds. The number of hydrogen-bond acceptors (Lipinski definition) is 3. The monoisotopic (exact) mass is 434 g/mol. The molecule has 4 rings (SSSR count). The zero-order chi connectivity index (χ0) is 22.5. The first-order valence-corrected chi connectivity index (χ1v) is 12.5. The van der Waals surface area contributed by atoms with Crippen LogP contribution in [0.2, 0.25) is 0 Å². The molecule has 2 bridgehead atoms. The van der Waals surface area contributed by atoms with Crippen LogP contribution in [0.4, 0.5) is 0 Å².